The lowest BCUT2D eigenvalue weighted by atomic mass is 9.71. The van der Waals surface area contributed by atoms with Crippen molar-refractivity contribution < 1.29 is 4.79 Å². The summed E-state index contributed by atoms with van der Waals surface area (Å²) in [7, 11) is 0. The molecule has 0 N–H and O–H groups in total. The lowest BCUT2D eigenvalue weighted by Crippen LogP contribution is -2.60. The number of hydrogen-bond donors (Lipinski definition) is 0. The van der Waals surface area contributed by atoms with Crippen LogP contribution in [0.15, 0.2) is 57.5 Å². The van der Waals surface area contributed by atoms with Gasteiger partial charge >= 0.3 is 0 Å². The van der Waals surface area contributed by atoms with Crippen LogP contribution in [0.3, 0.4) is 0 Å². The third kappa shape index (κ3) is 3.56. The van der Waals surface area contributed by atoms with Crippen molar-refractivity contribution >= 4 is 49.0 Å². The number of anilines is 2. The Bertz CT molecular complexity index is 735. The molecule has 0 amide bonds. The lowest BCUT2D eigenvalue weighted by Gasteiger charge is -2.50. The van der Waals surface area contributed by atoms with Gasteiger partial charge in [0.05, 0.1) is 12.1 Å². The largest absolute Gasteiger partial charge is 0.353 e. The molecule has 0 bridgehead atoms. The van der Waals surface area contributed by atoms with Crippen LogP contribution in [0.4, 0.5) is 11.4 Å². The maximum atomic E-state index is 13.0. The summed E-state index contributed by atoms with van der Waals surface area (Å²) in [5, 5.41) is 0. The van der Waals surface area contributed by atoms with Crippen molar-refractivity contribution in [3.8, 4) is 0 Å². The summed E-state index contributed by atoms with van der Waals surface area (Å²) in [5.41, 5.74) is 2.09. The molecule has 0 atom stereocenters. The number of nitrogens with zero attached hydrogens (tertiary/aromatic N) is 2. The van der Waals surface area contributed by atoms with Gasteiger partial charge in [0, 0.05) is 39.8 Å². The molecule has 2 aromatic rings. The van der Waals surface area contributed by atoms with Crippen LogP contribution in [0.25, 0.3) is 0 Å². The minimum absolute atomic E-state index is 0.253. The molecule has 0 radical (unpaired) electrons. The summed E-state index contributed by atoms with van der Waals surface area (Å²) in [5.74, 6) is 0.438. The van der Waals surface area contributed by atoms with Crippen molar-refractivity contribution in [2.45, 2.75) is 25.7 Å². The molecule has 1 aliphatic carbocycles. The van der Waals surface area contributed by atoms with E-state index in [9.17, 15) is 4.79 Å². The van der Waals surface area contributed by atoms with Crippen molar-refractivity contribution in [3.63, 3.8) is 0 Å². The monoisotopic (exact) mass is 476 g/mol. The van der Waals surface area contributed by atoms with Gasteiger partial charge in [0.2, 0.25) is 0 Å². The van der Waals surface area contributed by atoms with Crippen LogP contribution in [-0.2, 0) is 4.79 Å². The summed E-state index contributed by atoms with van der Waals surface area (Å²) < 4.78 is 2.15. The van der Waals surface area contributed by atoms with Crippen LogP contribution in [0, 0.1) is 5.41 Å². The van der Waals surface area contributed by atoms with E-state index in [2.05, 4.69) is 90.2 Å². The Labute approximate surface area is 171 Å². The van der Waals surface area contributed by atoms with E-state index in [0.29, 0.717) is 5.78 Å². The first-order chi connectivity index (χ1) is 12.6. The zero-order valence-electron chi connectivity index (χ0n) is 14.6. The number of carbonyl (C=O) groups is 1. The third-order valence-electron chi connectivity index (χ3n) is 5.61. The Morgan fingerprint density at radius 1 is 0.769 bits per heavy atom. The standard InChI is InChI=1S/C21H22Br2N2O/c22-16-4-8-18(9-5-16)24-13-21(12-2-1-3-20(21)26)14-25(15-24)19-10-6-17(23)7-11-19/h4-11H,1-3,12-15H2. The highest BCUT2D eigenvalue weighted by molar-refractivity contribution is 9.10. The zero-order chi connectivity index (χ0) is 18.1. The molecule has 26 heavy (non-hydrogen) atoms. The molecular weight excluding hydrogens is 456 g/mol. The molecule has 2 aromatic carbocycles. The Morgan fingerprint density at radius 3 is 1.73 bits per heavy atom. The van der Waals surface area contributed by atoms with Crippen molar-refractivity contribution in [3.05, 3.63) is 57.5 Å². The highest BCUT2D eigenvalue weighted by Crippen LogP contribution is 2.40. The number of halogens is 2. The number of rotatable bonds is 2. The van der Waals surface area contributed by atoms with Crippen LogP contribution in [-0.4, -0.2) is 25.5 Å². The molecule has 136 valence electrons. The first kappa shape index (κ1) is 18.1. The summed E-state index contributed by atoms with van der Waals surface area (Å²) in [6.45, 7) is 2.44. The normalized spacial score (nSPS) is 19.8. The Morgan fingerprint density at radius 2 is 1.27 bits per heavy atom. The molecular formula is C21H22Br2N2O. The average molecular weight is 478 g/mol. The fourth-order valence-corrected chi connectivity index (χ4v) is 4.75. The molecule has 2 aliphatic rings. The second-order valence-electron chi connectivity index (χ2n) is 7.40. The molecule has 5 heteroatoms. The molecule has 1 heterocycles. The van der Waals surface area contributed by atoms with Crippen molar-refractivity contribution in [2.24, 2.45) is 5.41 Å². The van der Waals surface area contributed by atoms with Crippen molar-refractivity contribution in [2.75, 3.05) is 29.6 Å². The van der Waals surface area contributed by atoms with Crippen LogP contribution in [0.1, 0.15) is 25.7 Å². The van der Waals surface area contributed by atoms with Gasteiger partial charge in [-0.25, -0.2) is 0 Å². The average Bonchev–Trinajstić information content (AvgIpc) is 2.65. The molecule has 0 unspecified atom stereocenters. The van der Waals surface area contributed by atoms with Gasteiger partial charge in [0.1, 0.15) is 5.78 Å². The third-order valence-corrected chi connectivity index (χ3v) is 6.67. The number of ketones is 1. The SMILES string of the molecule is O=C1CCCCC12CN(c1ccc(Br)cc1)CN(c1ccc(Br)cc1)C2. The van der Waals surface area contributed by atoms with Crippen LogP contribution in [0.5, 0.6) is 0 Å². The minimum atomic E-state index is -0.253. The van der Waals surface area contributed by atoms with E-state index < -0.39 is 0 Å². The fraction of sp³-hybridized carbons (Fsp3) is 0.381. The lowest BCUT2D eigenvalue weighted by molar-refractivity contribution is -0.130. The van der Waals surface area contributed by atoms with Gasteiger partial charge in [-0.1, -0.05) is 38.3 Å². The van der Waals surface area contributed by atoms with Crippen molar-refractivity contribution in [1.82, 2.24) is 0 Å². The van der Waals surface area contributed by atoms with Gasteiger partial charge in [0.15, 0.2) is 0 Å². The molecule has 1 aliphatic heterocycles. The van der Waals surface area contributed by atoms with E-state index in [4.69, 9.17) is 0 Å². The molecule has 1 saturated carbocycles. The molecule has 0 aromatic heterocycles. The summed E-state index contributed by atoms with van der Waals surface area (Å²) in [6, 6.07) is 16.8. The Kier molecular flexibility index (Phi) is 5.11. The smallest absolute Gasteiger partial charge is 0.142 e. The van der Waals surface area contributed by atoms with Crippen LogP contribution >= 0.6 is 31.9 Å². The van der Waals surface area contributed by atoms with E-state index in [1.54, 1.807) is 0 Å². The van der Waals surface area contributed by atoms with Gasteiger partial charge < -0.3 is 9.80 Å². The van der Waals surface area contributed by atoms with Crippen LogP contribution < -0.4 is 9.80 Å². The Hall–Kier alpha value is -1.33. The minimum Gasteiger partial charge on any atom is -0.353 e. The quantitative estimate of drug-likeness (QED) is 0.560. The zero-order valence-corrected chi connectivity index (χ0v) is 17.8. The molecule has 2 fully saturated rings. The first-order valence-corrected chi connectivity index (χ1v) is 10.7. The number of Topliss-reactive ketones (excluding diaryl/α,β-unsaturated/α-hetero) is 1. The van der Waals surface area contributed by atoms with Gasteiger partial charge in [0.25, 0.3) is 0 Å². The topological polar surface area (TPSA) is 23.6 Å². The van der Waals surface area contributed by atoms with E-state index in [1.165, 1.54) is 11.4 Å². The van der Waals surface area contributed by atoms with E-state index in [-0.39, 0.29) is 5.41 Å². The highest BCUT2D eigenvalue weighted by atomic mass is 79.9. The summed E-state index contributed by atoms with van der Waals surface area (Å²) in [4.78, 5) is 17.7. The number of hydrogen-bond acceptors (Lipinski definition) is 3. The maximum absolute atomic E-state index is 13.0. The van der Waals surface area contributed by atoms with Crippen molar-refractivity contribution in [1.29, 1.82) is 0 Å². The van der Waals surface area contributed by atoms with E-state index >= 15 is 0 Å². The fourth-order valence-electron chi connectivity index (χ4n) is 4.22. The Balaban J connectivity index is 1.69. The number of carbonyl (C=O) groups excluding carboxylic acids is 1. The van der Waals surface area contributed by atoms with E-state index in [0.717, 1.165) is 54.4 Å². The second-order valence-corrected chi connectivity index (χ2v) is 9.23. The van der Waals surface area contributed by atoms with Gasteiger partial charge in [-0.15, -0.1) is 0 Å². The summed E-state index contributed by atoms with van der Waals surface area (Å²) in [6.07, 6.45) is 3.90. The maximum Gasteiger partial charge on any atom is 0.142 e. The predicted molar refractivity (Wildman–Crippen MR) is 114 cm³/mol. The summed E-state index contributed by atoms with van der Waals surface area (Å²) >= 11 is 7.03. The highest BCUT2D eigenvalue weighted by Gasteiger charge is 2.45. The second kappa shape index (κ2) is 7.35. The molecule has 1 saturated heterocycles. The predicted octanol–water partition coefficient (Wildman–Crippen LogP) is 5.63. The van der Waals surface area contributed by atoms with Crippen LogP contribution in [0.2, 0.25) is 0 Å². The first-order valence-electron chi connectivity index (χ1n) is 9.10. The van der Waals surface area contributed by atoms with Gasteiger partial charge in [-0.05, 0) is 61.4 Å². The van der Waals surface area contributed by atoms with E-state index in [1.807, 2.05) is 0 Å². The molecule has 4 rings (SSSR count). The number of benzene rings is 2. The van der Waals surface area contributed by atoms with Gasteiger partial charge in [-0.3, -0.25) is 4.79 Å². The van der Waals surface area contributed by atoms with Gasteiger partial charge in [-0.2, -0.15) is 0 Å². The molecule has 1 spiro atoms. The molecule has 3 nitrogen and oxygen atoms in total.